The van der Waals surface area contributed by atoms with Crippen molar-refractivity contribution >= 4 is 0 Å². The highest BCUT2D eigenvalue weighted by atomic mass is 16.3. The average molecular weight is 191 g/mol. The molecule has 0 amide bonds. The highest BCUT2D eigenvalue weighted by molar-refractivity contribution is 5.29. The van der Waals surface area contributed by atoms with Crippen molar-refractivity contribution in [3.05, 3.63) is 29.1 Å². The van der Waals surface area contributed by atoms with Gasteiger partial charge in [0.15, 0.2) is 0 Å². The van der Waals surface area contributed by atoms with E-state index in [9.17, 15) is 5.11 Å². The van der Waals surface area contributed by atoms with Gasteiger partial charge in [-0.2, -0.15) is 0 Å². The van der Waals surface area contributed by atoms with Crippen molar-refractivity contribution in [1.82, 2.24) is 4.98 Å². The second kappa shape index (κ2) is 3.06. The third kappa shape index (κ3) is 1.25. The third-order valence-electron chi connectivity index (χ3n) is 3.61. The quantitative estimate of drug-likeness (QED) is 0.739. The first-order chi connectivity index (χ1) is 6.54. The smallest absolute Gasteiger partial charge is 0.0936 e. The normalized spacial score (nSPS) is 31.3. The molecule has 1 aliphatic carbocycles. The van der Waals surface area contributed by atoms with Crippen LogP contribution in [-0.2, 0) is 5.60 Å². The maximum Gasteiger partial charge on any atom is 0.0936 e. The molecule has 1 aliphatic rings. The van der Waals surface area contributed by atoms with Crippen molar-refractivity contribution in [2.75, 3.05) is 0 Å². The molecule has 0 aromatic carbocycles. The van der Waals surface area contributed by atoms with Crippen molar-refractivity contribution in [3.8, 4) is 0 Å². The molecule has 0 radical (unpaired) electrons. The van der Waals surface area contributed by atoms with Gasteiger partial charge in [-0.05, 0) is 44.2 Å². The number of hydrogen-bond acceptors (Lipinski definition) is 2. The van der Waals surface area contributed by atoms with E-state index in [-0.39, 0.29) is 0 Å². The minimum absolute atomic E-state index is 0.367. The molecule has 1 N–H and O–H groups in total. The van der Waals surface area contributed by atoms with Gasteiger partial charge in [0.25, 0.3) is 0 Å². The lowest BCUT2D eigenvalue weighted by Gasteiger charge is -2.44. The van der Waals surface area contributed by atoms with Crippen molar-refractivity contribution < 1.29 is 5.11 Å². The Balaban J connectivity index is 2.37. The van der Waals surface area contributed by atoms with Crippen molar-refractivity contribution in [2.45, 2.75) is 39.2 Å². The summed E-state index contributed by atoms with van der Waals surface area (Å²) in [7, 11) is 0. The molecule has 76 valence electrons. The van der Waals surface area contributed by atoms with E-state index in [0.29, 0.717) is 5.92 Å². The van der Waals surface area contributed by atoms with Crippen LogP contribution in [0.25, 0.3) is 0 Å². The molecule has 0 aliphatic heterocycles. The van der Waals surface area contributed by atoms with Gasteiger partial charge in [-0.15, -0.1) is 0 Å². The Kier molecular flexibility index (Phi) is 2.11. The Morgan fingerprint density at radius 2 is 2.21 bits per heavy atom. The first-order valence-corrected chi connectivity index (χ1v) is 5.20. The number of aromatic nitrogens is 1. The first-order valence-electron chi connectivity index (χ1n) is 5.20. The standard InChI is InChI=1S/C12H17NO/c1-8-6-11(7-13-10(8)3)12(14)5-4-9(12)2/h6-7,9,14H,4-5H2,1-3H3. The van der Waals surface area contributed by atoms with Gasteiger partial charge in [0, 0.05) is 17.5 Å². The van der Waals surface area contributed by atoms with Crippen LogP contribution < -0.4 is 0 Å². The zero-order valence-corrected chi connectivity index (χ0v) is 9.04. The molecule has 2 atom stereocenters. The molecule has 2 rings (SSSR count). The lowest BCUT2D eigenvalue weighted by molar-refractivity contribution is -0.0933. The fraction of sp³-hybridized carbons (Fsp3) is 0.583. The number of hydrogen-bond donors (Lipinski definition) is 1. The molecular weight excluding hydrogens is 174 g/mol. The zero-order valence-electron chi connectivity index (χ0n) is 9.04. The fourth-order valence-electron chi connectivity index (χ4n) is 2.02. The number of rotatable bonds is 1. The fourth-order valence-corrected chi connectivity index (χ4v) is 2.02. The van der Waals surface area contributed by atoms with E-state index in [1.807, 2.05) is 20.0 Å². The van der Waals surface area contributed by atoms with Crippen molar-refractivity contribution in [3.63, 3.8) is 0 Å². The van der Waals surface area contributed by atoms with Crippen LogP contribution in [0.15, 0.2) is 12.3 Å². The highest BCUT2D eigenvalue weighted by Gasteiger charge is 2.43. The topological polar surface area (TPSA) is 33.1 Å². The highest BCUT2D eigenvalue weighted by Crippen LogP contribution is 2.46. The Morgan fingerprint density at radius 1 is 1.50 bits per heavy atom. The maximum atomic E-state index is 10.3. The molecule has 0 spiro atoms. The molecule has 14 heavy (non-hydrogen) atoms. The summed E-state index contributed by atoms with van der Waals surface area (Å²) in [5.74, 6) is 0.367. The summed E-state index contributed by atoms with van der Waals surface area (Å²) >= 11 is 0. The Morgan fingerprint density at radius 3 is 2.64 bits per heavy atom. The molecule has 2 heteroatoms. The zero-order chi connectivity index (χ0) is 10.3. The van der Waals surface area contributed by atoms with E-state index in [0.717, 1.165) is 29.7 Å². The van der Waals surface area contributed by atoms with Gasteiger partial charge in [-0.3, -0.25) is 4.98 Å². The lowest BCUT2D eigenvalue weighted by Crippen LogP contribution is -2.42. The monoisotopic (exact) mass is 191 g/mol. The van der Waals surface area contributed by atoms with Crippen LogP contribution in [0.3, 0.4) is 0 Å². The predicted molar refractivity (Wildman–Crippen MR) is 56.0 cm³/mol. The van der Waals surface area contributed by atoms with Crippen LogP contribution in [-0.4, -0.2) is 10.1 Å². The SMILES string of the molecule is Cc1cc(C2(O)CCC2C)cnc1C. The summed E-state index contributed by atoms with van der Waals surface area (Å²) in [5, 5.41) is 10.3. The number of aryl methyl sites for hydroxylation is 2. The Hall–Kier alpha value is -0.890. The summed E-state index contributed by atoms with van der Waals surface area (Å²) < 4.78 is 0. The van der Waals surface area contributed by atoms with Crippen LogP contribution in [0, 0.1) is 19.8 Å². The van der Waals surface area contributed by atoms with E-state index in [1.165, 1.54) is 0 Å². The second-order valence-electron chi connectivity index (χ2n) is 4.49. The predicted octanol–water partition coefficient (Wildman–Crippen LogP) is 2.32. The van der Waals surface area contributed by atoms with Gasteiger partial charge in [-0.1, -0.05) is 6.92 Å². The summed E-state index contributed by atoms with van der Waals surface area (Å²) in [4.78, 5) is 4.30. The van der Waals surface area contributed by atoms with E-state index < -0.39 is 5.60 Å². The van der Waals surface area contributed by atoms with Crippen LogP contribution in [0.4, 0.5) is 0 Å². The largest absolute Gasteiger partial charge is 0.385 e. The molecule has 2 unspecified atom stereocenters. The van der Waals surface area contributed by atoms with Crippen molar-refractivity contribution in [1.29, 1.82) is 0 Å². The summed E-state index contributed by atoms with van der Waals surface area (Å²) in [6, 6.07) is 2.07. The summed E-state index contributed by atoms with van der Waals surface area (Å²) in [5.41, 5.74) is 2.59. The van der Waals surface area contributed by atoms with Gasteiger partial charge < -0.3 is 5.11 Å². The first kappa shape index (κ1) is 9.66. The van der Waals surface area contributed by atoms with E-state index >= 15 is 0 Å². The van der Waals surface area contributed by atoms with E-state index in [1.54, 1.807) is 0 Å². The average Bonchev–Trinajstić information content (AvgIpc) is 2.18. The van der Waals surface area contributed by atoms with Crippen LogP contribution in [0.2, 0.25) is 0 Å². The van der Waals surface area contributed by atoms with Gasteiger partial charge in [-0.25, -0.2) is 0 Å². The van der Waals surface area contributed by atoms with E-state index in [2.05, 4.69) is 18.0 Å². The maximum absolute atomic E-state index is 10.3. The van der Waals surface area contributed by atoms with Crippen LogP contribution in [0.5, 0.6) is 0 Å². The van der Waals surface area contributed by atoms with Crippen LogP contribution in [0.1, 0.15) is 36.6 Å². The molecule has 1 aromatic rings. The number of pyridine rings is 1. The van der Waals surface area contributed by atoms with E-state index in [4.69, 9.17) is 0 Å². The molecule has 1 fully saturated rings. The molecule has 0 bridgehead atoms. The molecule has 2 nitrogen and oxygen atoms in total. The number of nitrogens with zero attached hydrogens (tertiary/aromatic N) is 1. The molecule has 1 aromatic heterocycles. The van der Waals surface area contributed by atoms with Gasteiger partial charge in [0.05, 0.1) is 5.60 Å². The third-order valence-corrected chi connectivity index (χ3v) is 3.61. The molecule has 1 saturated carbocycles. The van der Waals surface area contributed by atoms with Gasteiger partial charge >= 0.3 is 0 Å². The Bertz CT molecular complexity index is 361. The summed E-state index contributed by atoms with van der Waals surface area (Å²) in [6.45, 7) is 6.13. The Labute approximate surface area is 85.0 Å². The van der Waals surface area contributed by atoms with Gasteiger partial charge in [0.2, 0.25) is 0 Å². The summed E-state index contributed by atoms with van der Waals surface area (Å²) in [6.07, 6.45) is 3.81. The van der Waals surface area contributed by atoms with Crippen molar-refractivity contribution in [2.24, 2.45) is 5.92 Å². The molecule has 0 saturated heterocycles. The van der Waals surface area contributed by atoms with Crippen LogP contribution >= 0.6 is 0 Å². The minimum Gasteiger partial charge on any atom is -0.385 e. The second-order valence-corrected chi connectivity index (χ2v) is 4.49. The molecule has 1 heterocycles. The lowest BCUT2D eigenvalue weighted by atomic mass is 9.67. The van der Waals surface area contributed by atoms with Gasteiger partial charge in [0.1, 0.15) is 0 Å². The minimum atomic E-state index is -0.606. The number of aliphatic hydroxyl groups is 1. The molecular formula is C12H17NO.